The van der Waals surface area contributed by atoms with Gasteiger partial charge < -0.3 is 15.5 Å². The predicted octanol–water partition coefficient (Wildman–Crippen LogP) is 3.56. The van der Waals surface area contributed by atoms with Gasteiger partial charge in [-0.2, -0.15) is 11.3 Å². The lowest BCUT2D eigenvalue weighted by Gasteiger charge is -2.33. The Morgan fingerprint density at radius 2 is 2.00 bits per heavy atom. The normalized spacial score (nSPS) is 18.0. The molecule has 0 radical (unpaired) electrons. The first-order valence-electron chi connectivity index (χ1n) is 10.7. The summed E-state index contributed by atoms with van der Waals surface area (Å²) in [6, 6.07) is 3.13. The zero-order chi connectivity index (χ0) is 19.5. The van der Waals surface area contributed by atoms with Crippen molar-refractivity contribution in [3.63, 3.8) is 0 Å². The number of likely N-dealkylation sites (N-methyl/N-ethyl adjacent to an activating group) is 1. The van der Waals surface area contributed by atoms with Crippen LogP contribution in [0.25, 0.3) is 0 Å². The number of nitrogens with zero attached hydrogens (tertiary/aromatic N) is 3. The third-order valence-corrected chi connectivity index (χ3v) is 6.12. The summed E-state index contributed by atoms with van der Waals surface area (Å²) in [5.41, 5.74) is 1.39. The maximum Gasteiger partial charge on any atom is 0.191 e. The Kier molecular flexibility index (Phi) is 10.2. The highest BCUT2D eigenvalue weighted by Gasteiger charge is 2.21. The fourth-order valence-electron chi connectivity index (χ4n) is 3.87. The molecule has 2 rings (SSSR count). The summed E-state index contributed by atoms with van der Waals surface area (Å²) in [4.78, 5) is 10.1. The highest BCUT2D eigenvalue weighted by Crippen LogP contribution is 2.23. The zero-order valence-corrected chi connectivity index (χ0v) is 18.5. The van der Waals surface area contributed by atoms with E-state index in [-0.39, 0.29) is 0 Å². The van der Waals surface area contributed by atoms with Crippen LogP contribution in [0.2, 0.25) is 0 Å². The quantitative estimate of drug-likeness (QED) is 0.471. The minimum absolute atomic E-state index is 0.355. The molecule has 1 fully saturated rings. The third-order valence-electron chi connectivity index (χ3n) is 5.42. The second-order valence-electron chi connectivity index (χ2n) is 7.27. The van der Waals surface area contributed by atoms with Crippen molar-refractivity contribution < 1.29 is 0 Å². The van der Waals surface area contributed by atoms with Gasteiger partial charge in [0.05, 0.1) is 12.6 Å². The summed E-state index contributed by atoms with van der Waals surface area (Å²) < 4.78 is 0. The molecule has 5 nitrogen and oxygen atoms in total. The standard InChI is InChI=1S/C21H39N5S/c1-5-12-25-13-9-19(10-14-25)24-21(22-6-2)23-16-20(26(7-3)8-4)18-11-15-27-17-18/h11,15,17,19-20H,5-10,12-14,16H2,1-4H3,(H2,22,23,24). The Morgan fingerprint density at radius 3 is 2.56 bits per heavy atom. The van der Waals surface area contributed by atoms with Crippen molar-refractivity contribution in [1.82, 2.24) is 20.4 Å². The molecule has 1 aliphatic rings. The molecular formula is C21H39N5S. The van der Waals surface area contributed by atoms with Crippen molar-refractivity contribution in [3.05, 3.63) is 22.4 Å². The summed E-state index contributed by atoms with van der Waals surface area (Å²) in [5.74, 6) is 0.971. The molecule has 0 bridgehead atoms. The number of likely N-dealkylation sites (tertiary alicyclic amines) is 1. The first-order valence-corrected chi connectivity index (χ1v) is 11.7. The van der Waals surface area contributed by atoms with E-state index in [1.807, 2.05) is 0 Å². The number of piperidine rings is 1. The molecule has 0 aromatic carbocycles. The highest BCUT2D eigenvalue weighted by molar-refractivity contribution is 7.07. The average molecular weight is 394 g/mol. The zero-order valence-electron chi connectivity index (χ0n) is 17.7. The Balaban J connectivity index is 1.98. The van der Waals surface area contributed by atoms with Gasteiger partial charge in [0.2, 0.25) is 0 Å². The van der Waals surface area contributed by atoms with E-state index < -0.39 is 0 Å². The van der Waals surface area contributed by atoms with Gasteiger partial charge in [0, 0.05) is 25.7 Å². The minimum Gasteiger partial charge on any atom is -0.357 e. The second kappa shape index (κ2) is 12.4. The van der Waals surface area contributed by atoms with E-state index in [2.05, 4.69) is 65.0 Å². The summed E-state index contributed by atoms with van der Waals surface area (Å²) in [6.45, 7) is 16.3. The largest absolute Gasteiger partial charge is 0.357 e. The molecule has 0 spiro atoms. The van der Waals surface area contributed by atoms with Crippen LogP contribution in [0.15, 0.2) is 21.8 Å². The van der Waals surface area contributed by atoms with Gasteiger partial charge in [-0.25, -0.2) is 0 Å². The van der Waals surface area contributed by atoms with Gasteiger partial charge in [-0.05, 0) is 68.2 Å². The van der Waals surface area contributed by atoms with Gasteiger partial charge in [-0.3, -0.25) is 9.89 Å². The Labute approximate surface area is 170 Å². The van der Waals surface area contributed by atoms with Crippen molar-refractivity contribution >= 4 is 17.3 Å². The molecule has 154 valence electrons. The molecule has 1 atom stereocenters. The van der Waals surface area contributed by atoms with Gasteiger partial charge in [0.15, 0.2) is 5.96 Å². The lowest BCUT2D eigenvalue weighted by Crippen LogP contribution is -2.49. The number of nitrogens with one attached hydrogen (secondary N) is 2. The van der Waals surface area contributed by atoms with Crippen LogP contribution in [0.5, 0.6) is 0 Å². The van der Waals surface area contributed by atoms with Crippen LogP contribution in [0.4, 0.5) is 0 Å². The first-order chi connectivity index (χ1) is 13.2. The summed E-state index contributed by atoms with van der Waals surface area (Å²) in [7, 11) is 0. The van der Waals surface area contributed by atoms with E-state index in [1.165, 1.54) is 44.5 Å². The van der Waals surface area contributed by atoms with Crippen LogP contribution >= 0.6 is 11.3 Å². The maximum absolute atomic E-state index is 4.98. The topological polar surface area (TPSA) is 42.9 Å². The number of guanidine groups is 1. The first kappa shape index (κ1) is 22.2. The van der Waals surface area contributed by atoms with Gasteiger partial charge in [0.25, 0.3) is 0 Å². The number of hydrogen-bond donors (Lipinski definition) is 2. The minimum atomic E-state index is 0.355. The number of hydrogen-bond acceptors (Lipinski definition) is 4. The molecule has 27 heavy (non-hydrogen) atoms. The van der Waals surface area contributed by atoms with E-state index in [0.717, 1.165) is 32.1 Å². The third kappa shape index (κ3) is 7.09. The molecule has 2 heterocycles. The smallest absolute Gasteiger partial charge is 0.191 e. The summed E-state index contributed by atoms with van der Waals surface area (Å²) in [5, 5.41) is 11.6. The molecule has 2 N–H and O–H groups in total. The van der Waals surface area contributed by atoms with E-state index in [9.17, 15) is 0 Å². The lowest BCUT2D eigenvalue weighted by atomic mass is 10.1. The highest BCUT2D eigenvalue weighted by atomic mass is 32.1. The van der Waals surface area contributed by atoms with Crippen molar-refractivity contribution in [2.45, 2.75) is 59.0 Å². The van der Waals surface area contributed by atoms with Crippen LogP contribution in [0.3, 0.4) is 0 Å². The molecule has 1 aromatic heterocycles. The van der Waals surface area contributed by atoms with Gasteiger partial charge in [0.1, 0.15) is 0 Å². The van der Waals surface area contributed by atoms with Gasteiger partial charge >= 0.3 is 0 Å². The molecule has 0 saturated carbocycles. The summed E-state index contributed by atoms with van der Waals surface area (Å²) in [6.07, 6.45) is 3.65. The monoisotopic (exact) mass is 393 g/mol. The van der Waals surface area contributed by atoms with Gasteiger partial charge in [-0.15, -0.1) is 0 Å². The van der Waals surface area contributed by atoms with Crippen LogP contribution in [-0.4, -0.2) is 67.6 Å². The Hall–Kier alpha value is -1.11. The number of rotatable bonds is 10. The number of thiophene rings is 1. The van der Waals surface area contributed by atoms with E-state index in [4.69, 9.17) is 4.99 Å². The van der Waals surface area contributed by atoms with E-state index >= 15 is 0 Å². The lowest BCUT2D eigenvalue weighted by molar-refractivity contribution is 0.206. The van der Waals surface area contributed by atoms with E-state index in [1.54, 1.807) is 11.3 Å². The molecule has 0 aliphatic carbocycles. The molecule has 1 unspecified atom stereocenters. The molecule has 0 amide bonds. The molecule has 1 aliphatic heterocycles. The fourth-order valence-corrected chi connectivity index (χ4v) is 4.58. The van der Waals surface area contributed by atoms with Crippen molar-refractivity contribution in [3.8, 4) is 0 Å². The fraction of sp³-hybridized carbons (Fsp3) is 0.762. The molecule has 6 heteroatoms. The molecular weight excluding hydrogens is 354 g/mol. The van der Waals surface area contributed by atoms with Crippen LogP contribution < -0.4 is 10.6 Å². The maximum atomic E-state index is 4.98. The summed E-state index contributed by atoms with van der Waals surface area (Å²) >= 11 is 1.77. The number of aliphatic imine (C=N–C) groups is 1. The molecule has 1 saturated heterocycles. The van der Waals surface area contributed by atoms with Crippen molar-refractivity contribution in [2.24, 2.45) is 4.99 Å². The Morgan fingerprint density at radius 1 is 1.26 bits per heavy atom. The average Bonchev–Trinajstić information content (AvgIpc) is 3.21. The van der Waals surface area contributed by atoms with Crippen LogP contribution in [0, 0.1) is 0 Å². The van der Waals surface area contributed by atoms with Crippen LogP contribution in [-0.2, 0) is 0 Å². The van der Waals surface area contributed by atoms with E-state index in [0.29, 0.717) is 12.1 Å². The SMILES string of the molecule is CCCN1CCC(NC(=NCC(c2ccsc2)N(CC)CC)NCC)CC1. The Bertz CT molecular complexity index is 519. The molecule has 1 aromatic rings. The van der Waals surface area contributed by atoms with Gasteiger partial charge in [-0.1, -0.05) is 20.8 Å². The van der Waals surface area contributed by atoms with Crippen molar-refractivity contribution in [1.29, 1.82) is 0 Å². The van der Waals surface area contributed by atoms with Crippen LogP contribution in [0.1, 0.15) is 58.6 Å². The van der Waals surface area contributed by atoms with Crippen molar-refractivity contribution in [2.75, 3.05) is 45.8 Å². The second-order valence-corrected chi connectivity index (χ2v) is 8.05. The predicted molar refractivity (Wildman–Crippen MR) is 119 cm³/mol.